The normalized spacial score (nSPS) is 18.7. The van der Waals surface area contributed by atoms with E-state index in [1.165, 1.54) is 13.0 Å². The fourth-order valence-corrected chi connectivity index (χ4v) is 3.98. The van der Waals surface area contributed by atoms with Crippen molar-refractivity contribution in [3.8, 4) is 5.75 Å². The van der Waals surface area contributed by atoms with Crippen molar-refractivity contribution in [2.75, 3.05) is 26.7 Å². The van der Waals surface area contributed by atoms with Gasteiger partial charge < -0.3 is 15.0 Å². The Hall–Kier alpha value is -2.89. The van der Waals surface area contributed by atoms with Crippen LogP contribution in [0.2, 0.25) is 0 Å². The van der Waals surface area contributed by atoms with Gasteiger partial charge in [0.15, 0.2) is 0 Å². The molecule has 1 N–H and O–H groups in total. The molecule has 2 aromatic carbocycles. The van der Waals surface area contributed by atoms with E-state index in [0.29, 0.717) is 31.6 Å². The Morgan fingerprint density at radius 1 is 1.17 bits per heavy atom. The topological polar surface area (TPSA) is 58.6 Å². The van der Waals surface area contributed by atoms with Crippen molar-refractivity contribution in [2.24, 2.45) is 5.92 Å². The summed E-state index contributed by atoms with van der Waals surface area (Å²) in [5.41, 5.74) is 2.66. The van der Waals surface area contributed by atoms with E-state index in [4.69, 9.17) is 4.74 Å². The lowest BCUT2D eigenvalue weighted by Gasteiger charge is -2.37. The van der Waals surface area contributed by atoms with Gasteiger partial charge in [-0.3, -0.25) is 9.59 Å². The van der Waals surface area contributed by atoms with Crippen LogP contribution >= 0.6 is 0 Å². The summed E-state index contributed by atoms with van der Waals surface area (Å²) in [5, 5.41) is 3.01. The molecule has 0 spiro atoms. The van der Waals surface area contributed by atoms with E-state index in [2.05, 4.69) is 5.32 Å². The first-order valence-electron chi connectivity index (χ1n) is 10.3. The average molecular weight is 413 g/mol. The van der Waals surface area contributed by atoms with Gasteiger partial charge >= 0.3 is 0 Å². The van der Waals surface area contributed by atoms with Gasteiger partial charge in [0.1, 0.15) is 11.6 Å². The summed E-state index contributed by atoms with van der Waals surface area (Å²) in [4.78, 5) is 26.6. The van der Waals surface area contributed by atoms with Gasteiger partial charge in [-0.1, -0.05) is 24.3 Å². The van der Waals surface area contributed by atoms with Crippen LogP contribution in [0.15, 0.2) is 42.5 Å². The zero-order valence-corrected chi connectivity index (χ0v) is 17.8. The number of nitrogens with one attached hydrogen (secondary N) is 1. The smallest absolute Gasteiger partial charge is 0.224 e. The molecule has 5 nitrogen and oxygen atoms in total. The number of likely N-dealkylation sites (tertiary alicyclic amines) is 1. The van der Waals surface area contributed by atoms with E-state index in [-0.39, 0.29) is 29.5 Å². The summed E-state index contributed by atoms with van der Waals surface area (Å²) >= 11 is 0. The number of carbonyl (C=O) groups is 2. The molecule has 0 aromatic heterocycles. The van der Waals surface area contributed by atoms with E-state index < -0.39 is 0 Å². The number of amides is 2. The summed E-state index contributed by atoms with van der Waals surface area (Å²) < 4.78 is 18.8. The number of hydrogen-bond donors (Lipinski definition) is 1. The Bertz CT molecular complexity index is 898. The molecule has 2 unspecified atom stereocenters. The Balaban J connectivity index is 1.62. The second-order valence-electron chi connectivity index (χ2n) is 7.95. The summed E-state index contributed by atoms with van der Waals surface area (Å²) in [5.74, 6) is 0.197. The monoisotopic (exact) mass is 412 g/mol. The fourth-order valence-electron chi connectivity index (χ4n) is 3.98. The van der Waals surface area contributed by atoms with E-state index >= 15 is 0 Å². The van der Waals surface area contributed by atoms with Crippen LogP contribution < -0.4 is 10.1 Å². The number of benzene rings is 2. The minimum absolute atomic E-state index is 0.0132. The van der Waals surface area contributed by atoms with Gasteiger partial charge in [0.25, 0.3) is 0 Å². The molecular formula is C24H29FN2O3. The van der Waals surface area contributed by atoms with E-state index in [1.807, 2.05) is 30.3 Å². The van der Waals surface area contributed by atoms with Crippen LogP contribution in [0.1, 0.15) is 36.0 Å². The Morgan fingerprint density at radius 2 is 1.90 bits per heavy atom. The van der Waals surface area contributed by atoms with Gasteiger partial charge in [-0.2, -0.15) is 0 Å². The van der Waals surface area contributed by atoms with Crippen molar-refractivity contribution in [3.05, 3.63) is 65.0 Å². The molecule has 160 valence electrons. The largest absolute Gasteiger partial charge is 0.497 e. The molecule has 2 atom stereocenters. The van der Waals surface area contributed by atoms with Crippen LogP contribution in [0.4, 0.5) is 4.39 Å². The van der Waals surface area contributed by atoms with Crippen LogP contribution in [0.5, 0.6) is 5.75 Å². The van der Waals surface area contributed by atoms with Crippen molar-refractivity contribution >= 4 is 11.8 Å². The lowest BCUT2D eigenvalue weighted by atomic mass is 9.83. The molecule has 0 aliphatic carbocycles. The first kappa shape index (κ1) is 21.8. The minimum atomic E-state index is -0.283. The quantitative estimate of drug-likeness (QED) is 0.791. The molecule has 2 aromatic rings. The highest BCUT2D eigenvalue weighted by Crippen LogP contribution is 2.31. The molecule has 6 heteroatoms. The number of hydrogen-bond acceptors (Lipinski definition) is 3. The summed E-state index contributed by atoms with van der Waals surface area (Å²) in [6, 6.07) is 12.8. The van der Waals surface area contributed by atoms with Crippen molar-refractivity contribution in [1.82, 2.24) is 10.2 Å². The number of halogens is 1. The highest BCUT2D eigenvalue weighted by molar-refractivity contribution is 5.81. The van der Waals surface area contributed by atoms with Gasteiger partial charge in [-0.05, 0) is 54.7 Å². The fraction of sp³-hybridized carbons (Fsp3) is 0.417. The Morgan fingerprint density at radius 3 is 2.53 bits per heavy atom. The molecule has 2 amide bonds. The summed E-state index contributed by atoms with van der Waals surface area (Å²) in [7, 11) is 1.63. The molecular weight excluding hydrogens is 383 g/mol. The standard InChI is InChI=1S/C24H29FN2O3/c1-16-12-19(6-9-23(16)25)20-13-21(15-27(14-20)17(2)28)24(29)26-11-10-18-4-7-22(30-3)8-5-18/h4-9,12,20-21H,10-11,13-15H2,1-3H3,(H,26,29). The third kappa shape index (κ3) is 5.38. The molecule has 1 aliphatic rings. The average Bonchev–Trinajstić information content (AvgIpc) is 2.75. The van der Waals surface area contributed by atoms with Crippen LogP contribution in [-0.4, -0.2) is 43.5 Å². The van der Waals surface area contributed by atoms with Gasteiger partial charge in [-0.15, -0.1) is 0 Å². The number of ether oxygens (including phenoxy) is 1. The molecule has 0 radical (unpaired) electrons. The Labute approximate surface area is 177 Å². The zero-order valence-electron chi connectivity index (χ0n) is 17.8. The highest BCUT2D eigenvalue weighted by Gasteiger charge is 2.33. The highest BCUT2D eigenvalue weighted by atomic mass is 19.1. The van der Waals surface area contributed by atoms with Gasteiger partial charge in [0.05, 0.1) is 13.0 Å². The SMILES string of the molecule is COc1ccc(CCNC(=O)C2CC(c3ccc(F)c(C)c3)CN(C(C)=O)C2)cc1. The molecule has 0 bridgehead atoms. The maximum Gasteiger partial charge on any atom is 0.224 e. The maximum atomic E-state index is 13.7. The van der Waals surface area contributed by atoms with Crippen molar-refractivity contribution < 1.29 is 18.7 Å². The molecule has 1 saturated heterocycles. The maximum absolute atomic E-state index is 13.7. The number of nitrogens with zero attached hydrogens (tertiary/aromatic N) is 1. The summed E-state index contributed by atoms with van der Waals surface area (Å²) in [6.45, 7) is 4.75. The van der Waals surface area contributed by atoms with Crippen molar-refractivity contribution in [1.29, 1.82) is 0 Å². The first-order valence-corrected chi connectivity index (χ1v) is 10.3. The number of rotatable bonds is 6. The van der Waals surface area contributed by atoms with Gasteiger partial charge in [-0.25, -0.2) is 4.39 Å². The zero-order chi connectivity index (χ0) is 21.7. The van der Waals surface area contributed by atoms with Crippen LogP contribution in [-0.2, 0) is 16.0 Å². The van der Waals surface area contributed by atoms with Crippen molar-refractivity contribution in [3.63, 3.8) is 0 Å². The lowest BCUT2D eigenvalue weighted by Crippen LogP contribution is -2.47. The minimum Gasteiger partial charge on any atom is -0.497 e. The molecule has 1 aliphatic heterocycles. The van der Waals surface area contributed by atoms with Crippen LogP contribution in [0.3, 0.4) is 0 Å². The molecule has 1 heterocycles. The number of piperidine rings is 1. The number of methoxy groups -OCH3 is 1. The first-order chi connectivity index (χ1) is 14.4. The molecule has 1 fully saturated rings. The summed E-state index contributed by atoms with van der Waals surface area (Å²) in [6.07, 6.45) is 1.36. The third-order valence-corrected chi connectivity index (χ3v) is 5.79. The third-order valence-electron chi connectivity index (χ3n) is 5.79. The van der Waals surface area contributed by atoms with Gasteiger partial charge in [0, 0.05) is 32.5 Å². The van der Waals surface area contributed by atoms with Crippen LogP contribution in [0.25, 0.3) is 0 Å². The molecule has 3 rings (SSSR count). The predicted octanol–water partition coefficient (Wildman–Crippen LogP) is 3.45. The van der Waals surface area contributed by atoms with Crippen LogP contribution in [0, 0.1) is 18.7 Å². The molecule has 0 saturated carbocycles. The second-order valence-corrected chi connectivity index (χ2v) is 7.95. The van der Waals surface area contributed by atoms with E-state index in [0.717, 1.165) is 23.3 Å². The van der Waals surface area contributed by atoms with Crippen molar-refractivity contribution in [2.45, 2.75) is 32.6 Å². The number of aryl methyl sites for hydroxylation is 1. The van der Waals surface area contributed by atoms with E-state index in [9.17, 15) is 14.0 Å². The van der Waals surface area contributed by atoms with Gasteiger partial charge in [0.2, 0.25) is 11.8 Å². The number of carbonyl (C=O) groups excluding carboxylic acids is 2. The molecule has 30 heavy (non-hydrogen) atoms. The lowest BCUT2D eigenvalue weighted by molar-refractivity contribution is -0.134. The van der Waals surface area contributed by atoms with E-state index in [1.54, 1.807) is 25.0 Å². The Kier molecular flexibility index (Phi) is 7.08. The predicted molar refractivity (Wildman–Crippen MR) is 114 cm³/mol. The second kappa shape index (κ2) is 9.74.